The molecule has 0 fully saturated rings. The van der Waals surface area contributed by atoms with Crippen molar-refractivity contribution in [1.82, 2.24) is 0 Å². The molecule has 0 spiro atoms. The van der Waals surface area contributed by atoms with Gasteiger partial charge in [0.2, 0.25) is 0 Å². The molecule has 0 amide bonds. The molecule has 7 heteroatoms. The van der Waals surface area contributed by atoms with Gasteiger partial charge in [-0.1, -0.05) is 0 Å². The highest BCUT2D eigenvalue weighted by Gasteiger charge is 2.40. The Morgan fingerprint density at radius 1 is 1.06 bits per heavy atom. The number of carbonyl (C=O) groups is 1. The first-order valence-corrected chi connectivity index (χ1v) is 3.82. The first-order valence-electron chi connectivity index (χ1n) is 3.82. The number of halogens is 6. The molecule has 1 radical (unpaired) electrons. The van der Waals surface area contributed by atoms with Crippen molar-refractivity contribution in [2.24, 2.45) is 0 Å². The Morgan fingerprint density at radius 2 is 1.62 bits per heavy atom. The van der Waals surface area contributed by atoms with Crippen LogP contribution in [-0.4, -0.2) is 12.0 Å². The molecule has 0 N–H and O–H groups in total. The third-order valence-corrected chi connectivity index (χ3v) is 1.64. The fraction of sp³-hybridized carbons (Fsp3) is 0.222. The molecule has 0 aliphatic carbocycles. The summed E-state index contributed by atoms with van der Waals surface area (Å²) in [7, 11) is 0. The first-order chi connectivity index (χ1) is 7.12. The lowest BCUT2D eigenvalue weighted by molar-refractivity contribution is -0.137. The van der Waals surface area contributed by atoms with Gasteiger partial charge in [0.1, 0.15) is 0 Å². The molecule has 0 heterocycles. The van der Waals surface area contributed by atoms with Gasteiger partial charge in [0.25, 0.3) is 5.78 Å². The summed E-state index contributed by atoms with van der Waals surface area (Å²) in [5.74, 6) is -2.32. The summed E-state index contributed by atoms with van der Waals surface area (Å²) in [5, 5.41) is 0. The molecule has 16 heavy (non-hydrogen) atoms. The van der Waals surface area contributed by atoms with Crippen molar-refractivity contribution in [1.29, 1.82) is 0 Å². The Balaban J connectivity index is 3.14. The van der Waals surface area contributed by atoms with Crippen molar-refractivity contribution in [3.05, 3.63) is 35.4 Å². The highest BCUT2D eigenvalue weighted by molar-refractivity contribution is 6.00. The van der Waals surface area contributed by atoms with Crippen LogP contribution in [0.15, 0.2) is 18.2 Å². The minimum Gasteiger partial charge on any atom is -0.284 e. The zero-order valence-electron chi connectivity index (χ0n) is 7.41. The van der Waals surface area contributed by atoms with Crippen molar-refractivity contribution in [2.75, 3.05) is 0 Å². The van der Waals surface area contributed by atoms with Gasteiger partial charge in [0, 0.05) is 5.56 Å². The average Bonchev–Trinajstić information content (AvgIpc) is 2.14. The predicted molar refractivity (Wildman–Crippen MR) is 40.7 cm³/mol. The van der Waals surface area contributed by atoms with Crippen molar-refractivity contribution >= 4 is 5.78 Å². The predicted octanol–water partition coefficient (Wildman–Crippen LogP) is 3.25. The third kappa shape index (κ3) is 2.74. The number of hydrogen-bond acceptors (Lipinski definition) is 1. The Morgan fingerprint density at radius 3 is 2.06 bits per heavy atom. The van der Waals surface area contributed by atoms with Crippen molar-refractivity contribution < 1.29 is 31.1 Å². The lowest BCUT2D eigenvalue weighted by Gasteiger charge is -2.09. The standard InChI is InChI=1S/C9H3F6O/c10-8(11,12)6-3-1-2-5(4-6)7(16)9(13,14)15/h2-4H. The van der Waals surface area contributed by atoms with Crippen LogP contribution in [0.5, 0.6) is 0 Å². The van der Waals surface area contributed by atoms with Gasteiger partial charge >= 0.3 is 12.4 Å². The third-order valence-electron chi connectivity index (χ3n) is 1.64. The fourth-order valence-electron chi connectivity index (χ4n) is 0.931. The second-order valence-electron chi connectivity index (χ2n) is 2.84. The SMILES string of the molecule is O=C(c1c[c]cc(C(F)(F)F)c1)C(F)(F)F. The van der Waals surface area contributed by atoms with Crippen LogP contribution in [0.4, 0.5) is 26.3 Å². The Kier molecular flexibility index (Phi) is 2.98. The summed E-state index contributed by atoms with van der Waals surface area (Å²) in [4.78, 5) is 10.6. The molecule has 0 saturated heterocycles. The Labute approximate surface area is 85.7 Å². The van der Waals surface area contributed by atoms with Gasteiger partial charge < -0.3 is 0 Å². The van der Waals surface area contributed by atoms with Gasteiger partial charge in [-0.3, -0.25) is 4.79 Å². The summed E-state index contributed by atoms with van der Waals surface area (Å²) >= 11 is 0. The average molecular weight is 241 g/mol. The van der Waals surface area contributed by atoms with E-state index in [1.807, 2.05) is 6.07 Å². The maximum atomic E-state index is 12.1. The van der Waals surface area contributed by atoms with E-state index in [1.54, 1.807) is 0 Å². The molecule has 87 valence electrons. The van der Waals surface area contributed by atoms with Crippen LogP contribution >= 0.6 is 0 Å². The highest BCUT2D eigenvalue weighted by atomic mass is 19.4. The number of alkyl halides is 6. The number of carbonyl (C=O) groups excluding carboxylic acids is 1. The van der Waals surface area contributed by atoms with Gasteiger partial charge in [0.05, 0.1) is 5.56 Å². The quantitative estimate of drug-likeness (QED) is 0.544. The molecule has 0 unspecified atom stereocenters. The Bertz CT molecular complexity index is 403. The molecule has 0 aliphatic rings. The molecule has 1 nitrogen and oxygen atoms in total. The first kappa shape index (κ1) is 12.5. The van der Waals surface area contributed by atoms with Gasteiger partial charge in [-0.15, -0.1) is 0 Å². The molecule has 0 aromatic heterocycles. The Hall–Kier alpha value is -1.53. The summed E-state index contributed by atoms with van der Waals surface area (Å²) < 4.78 is 72.1. The summed E-state index contributed by atoms with van der Waals surface area (Å²) in [6.45, 7) is 0. The van der Waals surface area contributed by atoms with Gasteiger partial charge in [-0.2, -0.15) is 26.3 Å². The van der Waals surface area contributed by atoms with E-state index in [-0.39, 0.29) is 6.07 Å². The van der Waals surface area contributed by atoms with Crippen LogP contribution in [0.25, 0.3) is 0 Å². The molecular weight excluding hydrogens is 238 g/mol. The van der Waals surface area contributed by atoms with Crippen molar-refractivity contribution in [2.45, 2.75) is 12.4 Å². The van der Waals surface area contributed by atoms with Crippen molar-refractivity contribution in [3.63, 3.8) is 0 Å². The van der Waals surface area contributed by atoms with Crippen LogP contribution in [0.2, 0.25) is 0 Å². The molecule has 0 atom stereocenters. The minimum absolute atomic E-state index is 0.145. The number of rotatable bonds is 1. The molecule has 1 aromatic rings. The largest absolute Gasteiger partial charge is 0.454 e. The van der Waals surface area contributed by atoms with Crippen LogP contribution in [0, 0.1) is 6.07 Å². The summed E-state index contributed by atoms with van der Waals surface area (Å²) in [6, 6.07) is 3.02. The fourth-order valence-corrected chi connectivity index (χ4v) is 0.931. The van der Waals surface area contributed by atoms with Crippen LogP contribution < -0.4 is 0 Å². The monoisotopic (exact) mass is 241 g/mol. The molecule has 0 aliphatic heterocycles. The topological polar surface area (TPSA) is 17.1 Å². The van der Waals surface area contributed by atoms with Gasteiger partial charge in [-0.25, -0.2) is 0 Å². The lowest BCUT2D eigenvalue weighted by atomic mass is 10.1. The van der Waals surface area contributed by atoms with Gasteiger partial charge in [0.15, 0.2) is 0 Å². The van der Waals surface area contributed by atoms with E-state index in [9.17, 15) is 31.1 Å². The summed E-state index contributed by atoms with van der Waals surface area (Å²) in [5.41, 5.74) is -2.43. The van der Waals surface area contributed by atoms with E-state index in [2.05, 4.69) is 0 Å². The molecule has 1 aromatic carbocycles. The highest BCUT2D eigenvalue weighted by Crippen LogP contribution is 2.30. The van der Waals surface area contributed by atoms with Gasteiger partial charge in [-0.05, 0) is 24.3 Å². The second kappa shape index (κ2) is 3.80. The maximum Gasteiger partial charge on any atom is 0.454 e. The summed E-state index contributed by atoms with van der Waals surface area (Å²) in [6.07, 6.45) is -10.0. The number of benzene rings is 1. The minimum atomic E-state index is -5.20. The normalized spacial score (nSPS) is 12.6. The maximum absolute atomic E-state index is 12.1. The van der Waals surface area contributed by atoms with E-state index in [0.717, 1.165) is 0 Å². The smallest absolute Gasteiger partial charge is 0.284 e. The van der Waals surface area contributed by atoms with Crippen molar-refractivity contribution in [3.8, 4) is 0 Å². The lowest BCUT2D eigenvalue weighted by Crippen LogP contribution is -2.23. The molecule has 0 bridgehead atoms. The number of Topliss-reactive ketones (excluding diaryl/α,β-unsaturated/α-hetero) is 1. The van der Waals surface area contributed by atoms with Crippen LogP contribution in [-0.2, 0) is 6.18 Å². The molecular formula is C9H3F6O. The van der Waals surface area contributed by atoms with Crippen LogP contribution in [0.3, 0.4) is 0 Å². The zero-order chi connectivity index (χ0) is 12.6. The second-order valence-corrected chi connectivity index (χ2v) is 2.84. The van der Waals surface area contributed by atoms with E-state index >= 15 is 0 Å². The van der Waals surface area contributed by atoms with E-state index in [0.29, 0.717) is 12.1 Å². The van der Waals surface area contributed by atoms with E-state index in [1.165, 1.54) is 0 Å². The molecule has 1 rings (SSSR count). The van der Waals surface area contributed by atoms with Crippen LogP contribution in [0.1, 0.15) is 15.9 Å². The van der Waals surface area contributed by atoms with E-state index < -0.39 is 29.3 Å². The molecule has 0 saturated carbocycles. The number of ketones is 1. The van der Waals surface area contributed by atoms with E-state index in [4.69, 9.17) is 0 Å². The zero-order valence-corrected chi connectivity index (χ0v) is 7.41. The number of hydrogen-bond donors (Lipinski definition) is 0.